The van der Waals surface area contributed by atoms with Gasteiger partial charge in [-0.3, -0.25) is 0 Å². The van der Waals surface area contributed by atoms with E-state index in [1.165, 1.54) is 89.9 Å². The second-order valence-corrected chi connectivity index (χ2v) is 9.86. The first-order chi connectivity index (χ1) is 15.3. The van der Waals surface area contributed by atoms with Crippen LogP contribution >= 0.6 is 8.60 Å². The largest absolute Gasteiger partial charge is 0.379 e. The van der Waals surface area contributed by atoms with Gasteiger partial charge in [0.1, 0.15) is 0 Å². The van der Waals surface area contributed by atoms with Crippen molar-refractivity contribution in [2.24, 2.45) is 0 Å². The molecule has 0 amide bonds. The van der Waals surface area contributed by atoms with Gasteiger partial charge in [-0.15, -0.1) is 0 Å². The summed E-state index contributed by atoms with van der Waals surface area (Å²) in [4.78, 5) is 0. The summed E-state index contributed by atoms with van der Waals surface area (Å²) in [6, 6.07) is 0. The lowest BCUT2D eigenvalue weighted by atomic mass is 10.1. The van der Waals surface area contributed by atoms with Gasteiger partial charge in [-0.25, -0.2) is 0 Å². The van der Waals surface area contributed by atoms with E-state index in [0.29, 0.717) is 13.2 Å². The van der Waals surface area contributed by atoms with Crippen molar-refractivity contribution in [1.29, 1.82) is 0 Å². The van der Waals surface area contributed by atoms with Crippen molar-refractivity contribution in [3.05, 3.63) is 0 Å². The minimum absolute atomic E-state index is 0.560. The highest BCUT2D eigenvalue weighted by Crippen LogP contribution is 2.40. The minimum atomic E-state index is -1.23. The van der Waals surface area contributed by atoms with E-state index in [4.69, 9.17) is 18.3 Å². The first kappa shape index (κ1) is 31.3. The molecule has 5 heteroatoms. The Bertz CT molecular complexity index is 296. The lowest BCUT2D eigenvalue weighted by Gasteiger charge is -2.17. The average Bonchev–Trinajstić information content (AvgIpc) is 2.78. The first-order valence-corrected chi connectivity index (χ1v) is 14.7. The van der Waals surface area contributed by atoms with Gasteiger partial charge in [-0.2, -0.15) is 0 Å². The molecule has 0 saturated carbocycles. The highest BCUT2D eigenvalue weighted by atomic mass is 31.2. The van der Waals surface area contributed by atoms with Gasteiger partial charge in [0, 0.05) is 6.61 Å². The maximum Gasteiger partial charge on any atom is 0.332 e. The van der Waals surface area contributed by atoms with Crippen LogP contribution in [0.2, 0.25) is 0 Å². The van der Waals surface area contributed by atoms with Crippen LogP contribution in [0.4, 0.5) is 0 Å². The Labute approximate surface area is 196 Å². The zero-order chi connectivity index (χ0) is 22.7. The fraction of sp³-hybridized carbons (Fsp3) is 1.00. The smallest absolute Gasteiger partial charge is 0.332 e. The van der Waals surface area contributed by atoms with Gasteiger partial charge >= 0.3 is 8.60 Å². The lowest BCUT2D eigenvalue weighted by Crippen LogP contribution is -2.06. The summed E-state index contributed by atoms with van der Waals surface area (Å²) in [6.45, 7) is 10.2. The summed E-state index contributed by atoms with van der Waals surface area (Å²) >= 11 is 0. The van der Waals surface area contributed by atoms with Crippen molar-refractivity contribution in [3.63, 3.8) is 0 Å². The van der Waals surface area contributed by atoms with E-state index in [1.807, 2.05) is 0 Å². The Morgan fingerprint density at radius 2 is 0.742 bits per heavy atom. The summed E-state index contributed by atoms with van der Waals surface area (Å²) in [6.07, 6.45) is 23.2. The van der Waals surface area contributed by atoms with Crippen molar-refractivity contribution >= 4 is 8.60 Å². The molecule has 0 atom stereocenters. The maximum absolute atomic E-state index is 5.95. The Kier molecular flexibility index (Phi) is 28.5. The van der Waals surface area contributed by atoms with Gasteiger partial charge in [0.05, 0.1) is 26.4 Å². The van der Waals surface area contributed by atoms with Crippen LogP contribution in [0.5, 0.6) is 0 Å². The molecular weight excluding hydrogens is 407 g/mol. The molecule has 188 valence electrons. The Balaban J connectivity index is 3.79. The number of hydrogen-bond acceptors (Lipinski definition) is 4. The molecule has 0 fully saturated rings. The average molecular weight is 463 g/mol. The van der Waals surface area contributed by atoms with Crippen molar-refractivity contribution in [2.45, 2.75) is 136 Å². The molecule has 0 heterocycles. The van der Waals surface area contributed by atoms with E-state index in [2.05, 4.69) is 20.8 Å². The zero-order valence-corrected chi connectivity index (χ0v) is 22.2. The normalized spacial score (nSPS) is 11.6. The second kappa shape index (κ2) is 28.3. The fourth-order valence-corrected chi connectivity index (χ4v) is 4.38. The Hall–Kier alpha value is 0.270. The molecule has 0 bridgehead atoms. The molecule has 4 nitrogen and oxygen atoms in total. The van der Waals surface area contributed by atoms with E-state index in [-0.39, 0.29) is 0 Å². The minimum Gasteiger partial charge on any atom is -0.379 e. The summed E-state index contributed by atoms with van der Waals surface area (Å²) < 4.78 is 23.4. The number of ether oxygens (including phenoxy) is 1. The van der Waals surface area contributed by atoms with Gasteiger partial charge in [-0.1, -0.05) is 117 Å². The SMILES string of the molecule is CCCCCCCCCCOP(OCCCCCCCCCC)OCCOCCCC. The van der Waals surface area contributed by atoms with Gasteiger partial charge in [-0.05, 0) is 19.3 Å². The fourth-order valence-electron chi connectivity index (χ4n) is 3.38. The van der Waals surface area contributed by atoms with Crippen molar-refractivity contribution in [2.75, 3.05) is 33.0 Å². The van der Waals surface area contributed by atoms with E-state index in [0.717, 1.165) is 45.5 Å². The molecule has 31 heavy (non-hydrogen) atoms. The molecule has 0 saturated heterocycles. The second-order valence-electron chi connectivity index (χ2n) is 8.64. The summed E-state index contributed by atoms with van der Waals surface area (Å²) in [5.41, 5.74) is 0. The van der Waals surface area contributed by atoms with Crippen LogP contribution < -0.4 is 0 Å². The van der Waals surface area contributed by atoms with Crippen molar-refractivity contribution in [1.82, 2.24) is 0 Å². The van der Waals surface area contributed by atoms with Crippen LogP contribution in [0.15, 0.2) is 0 Å². The molecule has 0 unspecified atom stereocenters. The number of rotatable bonds is 27. The molecular formula is C26H55O4P. The predicted octanol–water partition coefficient (Wildman–Crippen LogP) is 9.36. The Morgan fingerprint density at radius 1 is 0.355 bits per heavy atom. The van der Waals surface area contributed by atoms with Crippen LogP contribution in [-0.2, 0) is 18.3 Å². The summed E-state index contributed by atoms with van der Waals surface area (Å²) in [7, 11) is -1.23. The molecule has 0 rings (SSSR count). The maximum atomic E-state index is 5.95. The molecule has 0 spiro atoms. The summed E-state index contributed by atoms with van der Waals surface area (Å²) in [5.74, 6) is 0. The lowest BCUT2D eigenvalue weighted by molar-refractivity contribution is 0.0807. The van der Waals surface area contributed by atoms with Gasteiger partial charge in [0.25, 0.3) is 0 Å². The van der Waals surface area contributed by atoms with Gasteiger partial charge in [0.2, 0.25) is 0 Å². The number of unbranched alkanes of at least 4 members (excludes halogenated alkanes) is 15. The molecule has 0 aromatic rings. The Morgan fingerprint density at radius 3 is 1.19 bits per heavy atom. The van der Waals surface area contributed by atoms with Gasteiger partial charge < -0.3 is 18.3 Å². The zero-order valence-electron chi connectivity index (χ0n) is 21.3. The third-order valence-corrected chi connectivity index (χ3v) is 6.64. The van der Waals surface area contributed by atoms with Crippen molar-refractivity contribution < 1.29 is 18.3 Å². The van der Waals surface area contributed by atoms with Crippen LogP contribution in [0.3, 0.4) is 0 Å². The monoisotopic (exact) mass is 462 g/mol. The quantitative estimate of drug-likeness (QED) is 0.0900. The van der Waals surface area contributed by atoms with Crippen molar-refractivity contribution in [3.8, 4) is 0 Å². The first-order valence-electron chi connectivity index (χ1n) is 13.6. The number of hydrogen-bond donors (Lipinski definition) is 0. The standard InChI is InChI=1S/C26H55O4P/c1-4-7-10-12-14-16-18-20-23-28-31(30-26-25-27-22-9-6-3)29-24-21-19-17-15-13-11-8-5-2/h4-26H2,1-3H3. The van der Waals surface area contributed by atoms with E-state index in [1.54, 1.807) is 0 Å². The topological polar surface area (TPSA) is 36.9 Å². The molecule has 0 aliphatic heterocycles. The van der Waals surface area contributed by atoms with Crippen LogP contribution in [0, 0.1) is 0 Å². The summed E-state index contributed by atoms with van der Waals surface area (Å²) in [5, 5.41) is 0. The van der Waals surface area contributed by atoms with Crippen LogP contribution in [0.25, 0.3) is 0 Å². The third-order valence-electron chi connectivity index (χ3n) is 5.46. The molecule has 0 aromatic heterocycles. The van der Waals surface area contributed by atoms with Crippen LogP contribution in [0.1, 0.15) is 136 Å². The van der Waals surface area contributed by atoms with E-state index < -0.39 is 8.60 Å². The molecule has 0 aromatic carbocycles. The van der Waals surface area contributed by atoms with E-state index >= 15 is 0 Å². The third kappa shape index (κ3) is 26.4. The molecule has 0 radical (unpaired) electrons. The van der Waals surface area contributed by atoms with Crippen LogP contribution in [-0.4, -0.2) is 33.0 Å². The molecule has 0 aliphatic rings. The molecule has 0 aliphatic carbocycles. The highest BCUT2D eigenvalue weighted by molar-refractivity contribution is 7.41. The van der Waals surface area contributed by atoms with Gasteiger partial charge in [0.15, 0.2) is 0 Å². The molecule has 0 N–H and O–H groups in total. The predicted molar refractivity (Wildman–Crippen MR) is 136 cm³/mol. The highest BCUT2D eigenvalue weighted by Gasteiger charge is 2.12. The van der Waals surface area contributed by atoms with E-state index in [9.17, 15) is 0 Å².